The smallest absolute Gasteiger partial charge is 0.256 e. The summed E-state index contributed by atoms with van der Waals surface area (Å²) in [5.41, 5.74) is 4.38. The Hall–Kier alpha value is -2.92. The summed E-state index contributed by atoms with van der Waals surface area (Å²) in [6.07, 6.45) is 3.70. The number of carbonyl (C=O) groups excluding carboxylic acids is 1. The van der Waals surface area contributed by atoms with Crippen molar-refractivity contribution in [1.82, 2.24) is 14.9 Å². The standard InChI is InChI=1S/C29H32ClN3O2/c1-28(2,3)20-8-4-7-19(15-20)16-25(34)33-14-6-11-24-23(18-33)26(35)32-27(31-24)29(12-13-29)21-9-5-10-22(30)17-21/h4-5,7-10,15,17H,6,11-14,16,18H2,1-3H3,(H,31,32,35). The number of halogens is 1. The number of aromatic amines is 1. The number of fused-ring (bicyclic) bond motifs is 1. The second kappa shape index (κ2) is 8.94. The molecule has 1 aliphatic heterocycles. The van der Waals surface area contributed by atoms with E-state index in [1.807, 2.05) is 35.2 Å². The Bertz CT molecular complexity index is 1330. The number of nitrogens with one attached hydrogen (secondary N) is 1. The Morgan fingerprint density at radius 1 is 1.14 bits per heavy atom. The molecule has 1 fully saturated rings. The number of hydrogen-bond donors (Lipinski definition) is 1. The predicted octanol–water partition coefficient (Wildman–Crippen LogP) is 5.32. The van der Waals surface area contributed by atoms with Crippen LogP contribution in [0.2, 0.25) is 5.02 Å². The zero-order valence-electron chi connectivity index (χ0n) is 20.7. The third-order valence-electron chi connectivity index (χ3n) is 7.37. The minimum Gasteiger partial charge on any atom is -0.338 e. The van der Waals surface area contributed by atoms with Crippen LogP contribution >= 0.6 is 11.6 Å². The van der Waals surface area contributed by atoms with Gasteiger partial charge in [0.15, 0.2) is 0 Å². The topological polar surface area (TPSA) is 66.1 Å². The van der Waals surface area contributed by atoms with Crippen LogP contribution in [-0.4, -0.2) is 27.3 Å². The van der Waals surface area contributed by atoms with E-state index in [9.17, 15) is 9.59 Å². The third kappa shape index (κ3) is 4.79. The minimum absolute atomic E-state index is 0.0290. The summed E-state index contributed by atoms with van der Waals surface area (Å²) >= 11 is 6.24. The fourth-order valence-electron chi connectivity index (χ4n) is 5.07. The van der Waals surface area contributed by atoms with E-state index in [2.05, 4.69) is 44.0 Å². The number of H-pyrrole nitrogens is 1. The second-order valence-electron chi connectivity index (χ2n) is 11.0. The molecule has 1 aliphatic carbocycles. The van der Waals surface area contributed by atoms with Crippen molar-refractivity contribution in [2.24, 2.45) is 0 Å². The van der Waals surface area contributed by atoms with Crippen LogP contribution in [0.5, 0.6) is 0 Å². The van der Waals surface area contributed by atoms with Crippen molar-refractivity contribution in [3.05, 3.63) is 97.7 Å². The van der Waals surface area contributed by atoms with E-state index in [1.54, 1.807) is 0 Å². The third-order valence-corrected chi connectivity index (χ3v) is 7.61. The first-order chi connectivity index (χ1) is 16.7. The monoisotopic (exact) mass is 489 g/mol. The molecule has 5 nitrogen and oxygen atoms in total. The maximum Gasteiger partial charge on any atom is 0.256 e. The van der Waals surface area contributed by atoms with Crippen molar-refractivity contribution in [3.63, 3.8) is 0 Å². The lowest BCUT2D eigenvalue weighted by molar-refractivity contribution is -0.131. The molecule has 1 aromatic heterocycles. The highest BCUT2D eigenvalue weighted by Crippen LogP contribution is 2.52. The van der Waals surface area contributed by atoms with E-state index in [4.69, 9.17) is 16.6 Å². The van der Waals surface area contributed by atoms with Gasteiger partial charge in [0.05, 0.1) is 29.6 Å². The van der Waals surface area contributed by atoms with Crippen LogP contribution in [0, 0.1) is 0 Å². The van der Waals surface area contributed by atoms with Crippen molar-refractivity contribution in [2.75, 3.05) is 6.54 Å². The molecule has 2 aliphatic rings. The molecule has 0 radical (unpaired) electrons. The minimum atomic E-state index is -0.265. The maximum atomic E-state index is 13.2. The van der Waals surface area contributed by atoms with E-state index in [-0.39, 0.29) is 22.3 Å². The number of nitrogens with zero attached hydrogens (tertiary/aromatic N) is 2. The van der Waals surface area contributed by atoms with Gasteiger partial charge in [-0.15, -0.1) is 0 Å². The Kier molecular flexibility index (Phi) is 6.08. The van der Waals surface area contributed by atoms with Crippen molar-refractivity contribution in [2.45, 2.75) is 70.3 Å². The molecule has 0 spiro atoms. The van der Waals surface area contributed by atoms with Crippen LogP contribution in [0.1, 0.15) is 73.8 Å². The summed E-state index contributed by atoms with van der Waals surface area (Å²) in [6.45, 7) is 7.45. The molecule has 1 saturated carbocycles. The molecule has 0 atom stereocenters. The first-order valence-corrected chi connectivity index (χ1v) is 12.8. The Balaban J connectivity index is 1.38. The van der Waals surface area contributed by atoms with Gasteiger partial charge in [-0.05, 0) is 59.9 Å². The zero-order valence-corrected chi connectivity index (χ0v) is 21.4. The Morgan fingerprint density at radius 2 is 1.91 bits per heavy atom. The van der Waals surface area contributed by atoms with Gasteiger partial charge in [-0.25, -0.2) is 4.98 Å². The molecule has 1 N–H and O–H groups in total. The largest absolute Gasteiger partial charge is 0.338 e. The fourth-order valence-corrected chi connectivity index (χ4v) is 5.26. The molecule has 0 unspecified atom stereocenters. The highest BCUT2D eigenvalue weighted by Gasteiger charge is 2.48. The molecule has 6 heteroatoms. The molecule has 1 amide bonds. The zero-order chi connectivity index (χ0) is 24.8. The van der Waals surface area contributed by atoms with Crippen LogP contribution in [0.25, 0.3) is 0 Å². The van der Waals surface area contributed by atoms with Crippen molar-refractivity contribution >= 4 is 17.5 Å². The van der Waals surface area contributed by atoms with Crippen LogP contribution < -0.4 is 5.56 Å². The van der Waals surface area contributed by atoms with Crippen LogP contribution in [0.3, 0.4) is 0 Å². The molecule has 0 saturated heterocycles. The molecule has 2 heterocycles. The Labute approximate surface area is 211 Å². The number of aryl methyl sites for hydroxylation is 1. The Morgan fingerprint density at radius 3 is 2.63 bits per heavy atom. The lowest BCUT2D eigenvalue weighted by atomic mass is 9.86. The molecule has 3 aromatic rings. The number of carbonyl (C=O) groups is 1. The quantitative estimate of drug-likeness (QED) is 0.539. The van der Waals surface area contributed by atoms with Crippen LogP contribution in [0.15, 0.2) is 53.3 Å². The summed E-state index contributed by atoms with van der Waals surface area (Å²) in [7, 11) is 0. The highest BCUT2D eigenvalue weighted by atomic mass is 35.5. The maximum absolute atomic E-state index is 13.2. The normalized spacial score (nSPS) is 17.0. The summed E-state index contributed by atoms with van der Waals surface area (Å²) in [4.78, 5) is 36.3. The van der Waals surface area contributed by atoms with Crippen molar-refractivity contribution in [1.29, 1.82) is 0 Å². The predicted molar refractivity (Wildman–Crippen MR) is 139 cm³/mol. The van der Waals surface area contributed by atoms with E-state index in [1.165, 1.54) is 5.56 Å². The van der Waals surface area contributed by atoms with Gasteiger partial charge in [0.2, 0.25) is 5.91 Å². The lowest BCUT2D eigenvalue weighted by Gasteiger charge is -2.22. The average molecular weight is 490 g/mol. The summed E-state index contributed by atoms with van der Waals surface area (Å²) in [5.74, 6) is 0.771. The van der Waals surface area contributed by atoms with E-state index in [0.29, 0.717) is 36.5 Å². The molecule has 2 aromatic carbocycles. The van der Waals surface area contributed by atoms with Crippen molar-refractivity contribution in [3.8, 4) is 0 Å². The van der Waals surface area contributed by atoms with E-state index in [0.717, 1.165) is 41.9 Å². The summed E-state index contributed by atoms with van der Waals surface area (Å²) < 4.78 is 0. The van der Waals surface area contributed by atoms with Gasteiger partial charge < -0.3 is 9.88 Å². The molecule has 5 rings (SSSR count). The number of amides is 1. The first kappa shape index (κ1) is 23.8. The van der Waals surface area contributed by atoms with Crippen LogP contribution in [0.4, 0.5) is 0 Å². The van der Waals surface area contributed by atoms with Crippen LogP contribution in [-0.2, 0) is 35.0 Å². The molecular weight excluding hydrogens is 458 g/mol. The van der Waals surface area contributed by atoms with Gasteiger partial charge in [0.1, 0.15) is 5.82 Å². The number of benzene rings is 2. The SMILES string of the molecule is CC(C)(C)c1cccc(CC(=O)N2CCCc3nc(C4(c5cccc(Cl)c5)CC4)[nH]c(=O)c3C2)c1. The molecule has 182 valence electrons. The highest BCUT2D eigenvalue weighted by molar-refractivity contribution is 6.30. The van der Waals surface area contributed by atoms with Gasteiger partial charge in [0.25, 0.3) is 5.56 Å². The summed E-state index contributed by atoms with van der Waals surface area (Å²) in [6, 6.07) is 16.1. The van der Waals surface area contributed by atoms with Gasteiger partial charge in [0, 0.05) is 11.6 Å². The number of aromatic nitrogens is 2. The summed E-state index contributed by atoms with van der Waals surface area (Å²) in [5, 5.41) is 0.688. The second-order valence-corrected chi connectivity index (χ2v) is 11.4. The van der Waals surface area contributed by atoms with Gasteiger partial charge in [-0.3, -0.25) is 9.59 Å². The average Bonchev–Trinajstić information content (AvgIpc) is 3.63. The van der Waals surface area contributed by atoms with Crippen molar-refractivity contribution < 1.29 is 4.79 Å². The lowest BCUT2D eigenvalue weighted by Crippen LogP contribution is -2.34. The first-order valence-electron chi connectivity index (χ1n) is 12.4. The van der Waals surface area contributed by atoms with Gasteiger partial charge in [-0.2, -0.15) is 0 Å². The molecule has 0 bridgehead atoms. The van der Waals surface area contributed by atoms with E-state index >= 15 is 0 Å². The molecular formula is C29H32ClN3O2. The molecule has 35 heavy (non-hydrogen) atoms. The number of rotatable bonds is 4. The van der Waals surface area contributed by atoms with Gasteiger partial charge >= 0.3 is 0 Å². The number of hydrogen-bond acceptors (Lipinski definition) is 3. The van der Waals surface area contributed by atoms with E-state index < -0.39 is 0 Å². The fraction of sp³-hybridized carbons (Fsp3) is 0.414. The van der Waals surface area contributed by atoms with Gasteiger partial charge in [-0.1, -0.05) is 68.8 Å².